The van der Waals surface area contributed by atoms with E-state index >= 15 is 0 Å². The van der Waals surface area contributed by atoms with E-state index in [4.69, 9.17) is 18.0 Å². The van der Waals surface area contributed by atoms with Crippen LogP contribution >= 0.6 is 12.2 Å². The summed E-state index contributed by atoms with van der Waals surface area (Å²) in [7, 11) is 1.43. The molecule has 0 aromatic rings. The Labute approximate surface area is 121 Å². The molecule has 1 atom stereocenters. The first-order chi connectivity index (χ1) is 9.08. The average Bonchev–Trinajstić information content (AvgIpc) is 2.42. The lowest BCUT2D eigenvalue weighted by Gasteiger charge is -2.38. The van der Waals surface area contributed by atoms with Crippen molar-refractivity contribution in [1.82, 2.24) is 9.80 Å². The molecule has 0 amide bonds. The van der Waals surface area contributed by atoms with Crippen molar-refractivity contribution in [2.75, 3.05) is 39.8 Å². The van der Waals surface area contributed by atoms with E-state index in [2.05, 4.69) is 21.5 Å². The van der Waals surface area contributed by atoms with Gasteiger partial charge in [-0.15, -0.1) is 0 Å². The molecule has 1 unspecified atom stereocenters. The molecule has 0 saturated carbocycles. The van der Waals surface area contributed by atoms with Gasteiger partial charge in [-0.05, 0) is 6.42 Å². The van der Waals surface area contributed by atoms with E-state index in [0.717, 1.165) is 45.6 Å². The second-order valence-corrected chi connectivity index (χ2v) is 5.38. The van der Waals surface area contributed by atoms with E-state index in [1.807, 2.05) is 0 Å². The number of carbonyl (C=O) groups excluding carboxylic acids is 1. The van der Waals surface area contributed by atoms with Crippen LogP contribution in [0.2, 0.25) is 0 Å². The van der Waals surface area contributed by atoms with E-state index in [1.54, 1.807) is 0 Å². The number of hydrogen-bond acceptors (Lipinski definition) is 5. The number of thiocarbonyl (C=S) groups is 1. The molecule has 0 bridgehead atoms. The number of methoxy groups -OCH3 is 1. The van der Waals surface area contributed by atoms with Gasteiger partial charge in [-0.2, -0.15) is 0 Å². The second kappa shape index (κ2) is 8.45. The van der Waals surface area contributed by atoms with Crippen molar-refractivity contribution in [3.8, 4) is 0 Å². The lowest BCUT2D eigenvalue weighted by Crippen LogP contribution is -2.53. The van der Waals surface area contributed by atoms with Gasteiger partial charge in [-0.1, -0.05) is 25.6 Å². The van der Waals surface area contributed by atoms with E-state index in [9.17, 15) is 4.79 Å². The SMILES string of the molecule is CCCC(C(N)=S)N1CCN(CCC(=O)OC)CC1. The molecule has 1 rings (SSSR count). The number of hydrogen-bond donors (Lipinski definition) is 1. The van der Waals surface area contributed by atoms with Crippen LogP contribution in [0.1, 0.15) is 26.2 Å². The molecule has 110 valence electrons. The number of ether oxygens (including phenoxy) is 1. The zero-order valence-corrected chi connectivity index (χ0v) is 12.7. The molecule has 5 nitrogen and oxygen atoms in total. The fourth-order valence-corrected chi connectivity index (χ4v) is 2.70. The first-order valence-electron chi connectivity index (χ1n) is 6.91. The van der Waals surface area contributed by atoms with Crippen molar-refractivity contribution >= 4 is 23.2 Å². The highest BCUT2D eigenvalue weighted by atomic mass is 32.1. The average molecular weight is 287 g/mol. The van der Waals surface area contributed by atoms with Crippen molar-refractivity contribution in [3.63, 3.8) is 0 Å². The molecule has 2 N–H and O–H groups in total. The molecule has 19 heavy (non-hydrogen) atoms. The zero-order chi connectivity index (χ0) is 14.3. The molecular weight excluding hydrogens is 262 g/mol. The summed E-state index contributed by atoms with van der Waals surface area (Å²) in [5.74, 6) is -0.144. The minimum atomic E-state index is -0.144. The van der Waals surface area contributed by atoms with Crippen LogP contribution in [0.3, 0.4) is 0 Å². The first-order valence-corrected chi connectivity index (χ1v) is 7.31. The van der Waals surface area contributed by atoms with Gasteiger partial charge in [0.05, 0.1) is 24.6 Å². The highest BCUT2D eigenvalue weighted by molar-refractivity contribution is 7.80. The van der Waals surface area contributed by atoms with Crippen LogP contribution in [-0.4, -0.2) is 66.6 Å². The Balaban J connectivity index is 2.34. The van der Waals surface area contributed by atoms with Gasteiger partial charge in [-0.3, -0.25) is 9.69 Å². The van der Waals surface area contributed by atoms with Crippen LogP contribution < -0.4 is 5.73 Å². The van der Waals surface area contributed by atoms with Gasteiger partial charge in [0.15, 0.2) is 0 Å². The summed E-state index contributed by atoms with van der Waals surface area (Å²) in [6, 6.07) is 0.225. The third-order valence-electron chi connectivity index (χ3n) is 3.60. The molecule has 1 heterocycles. The van der Waals surface area contributed by atoms with Crippen molar-refractivity contribution in [1.29, 1.82) is 0 Å². The minimum Gasteiger partial charge on any atom is -0.469 e. The molecule has 1 aliphatic rings. The van der Waals surface area contributed by atoms with Crippen LogP contribution in [0.25, 0.3) is 0 Å². The molecule has 0 aliphatic carbocycles. The van der Waals surface area contributed by atoms with Crippen LogP contribution in [0.5, 0.6) is 0 Å². The summed E-state index contributed by atoms with van der Waals surface area (Å²) in [6.45, 7) is 6.76. The molecule has 6 heteroatoms. The predicted molar refractivity (Wildman–Crippen MR) is 80.1 cm³/mol. The number of esters is 1. The quantitative estimate of drug-likeness (QED) is 0.547. The van der Waals surface area contributed by atoms with Crippen molar-refractivity contribution in [3.05, 3.63) is 0 Å². The van der Waals surface area contributed by atoms with Gasteiger partial charge in [0.1, 0.15) is 0 Å². The van der Waals surface area contributed by atoms with E-state index in [-0.39, 0.29) is 12.0 Å². The second-order valence-electron chi connectivity index (χ2n) is 4.91. The van der Waals surface area contributed by atoms with Crippen LogP contribution in [0.4, 0.5) is 0 Å². The van der Waals surface area contributed by atoms with Gasteiger partial charge >= 0.3 is 5.97 Å². The number of nitrogens with two attached hydrogens (primary N) is 1. The maximum Gasteiger partial charge on any atom is 0.306 e. The Hall–Kier alpha value is -0.720. The van der Waals surface area contributed by atoms with Crippen LogP contribution in [-0.2, 0) is 9.53 Å². The van der Waals surface area contributed by atoms with E-state index in [1.165, 1.54) is 7.11 Å². The first kappa shape index (κ1) is 16.3. The summed E-state index contributed by atoms with van der Waals surface area (Å²) in [6.07, 6.45) is 2.58. The minimum absolute atomic E-state index is 0.144. The van der Waals surface area contributed by atoms with Crippen LogP contribution in [0.15, 0.2) is 0 Å². The monoisotopic (exact) mass is 287 g/mol. The third kappa shape index (κ3) is 5.42. The third-order valence-corrected chi connectivity index (χ3v) is 3.87. The number of carbonyl (C=O) groups is 1. The zero-order valence-electron chi connectivity index (χ0n) is 11.9. The maximum atomic E-state index is 11.1. The smallest absolute Gasteiger partial charge is 0.306 e. The fourth-order valence-electron chi connectivity index (χ4n) is 2.43. The highest BCUT2D eigenvalue weighted by Crippen LogP contribution is 2.12. The van der Waals surface area contributed by atoms with Gasteiger partial charge in [0.2, 0.25) is 0 Å². The predicted octanol–water partition coefficient (Wildman–Crippen LogP) is 0.622. The topological polar surface area (TPSA) is 58.8 Å². The van der Waals surface area contributed by atoms with E-state index in [0.29, 0.717) is 11.4 Å². The van der Waals surface area contributed by atoms with Crippen molar-refractivity contribution in [2.45, 2.75) is 32.2 Å². The molecule has 1 aliphatic heterocycles. The van der Waals surface area contributed by atoms with Crippen molar-refractivity contribution < 1.29 is 9.53 Å². The summed E-state index contributed by atoms with van der Waals surface area (Å²) in [5.41, 5.74) is 5.82. The Morgan fingerprint density at radius 3 is 2.47 bits per heavy atom. The van der Waals surface area contributed by atoms with Gasteiger partial charge < -0.3 is 15.4 Å². The van der Waals surface area contributed by atoms with Gasteiger partial charge in [-0.25, -0.2) is 0 Å². The fraction of sp³-hybridized carbons (Fsp3) is 0.846. The van der Waals surface area contributed by atoms with Gasteiger partial charge in [0.25, 0.3) is 0 Å². The lowest BCUT2D eigenvalue weighted by molar-refractivity contribution is -0.141. The molecule has 0 aromatic heterocycles. The van der Waals surface area contributed by atoms with Crippen molar-refractivity contribution in [2.24, 2.45) is 5.73 Å². The molecule has 1 saturated heterocycles. The number of piperazine rings is 1. The summed E-state index contributed by atoms with van der Waals surface area (Å²) in [5, 5.41) is 0. The highest BCUT2D eigenvalue weighted by Gasteiger charge is 2.25. The Kier molecular flexibility index (Phi) is 7.27. The molecular formula is C13H25N3O2S. The number of rotatable bonds is 7. The standard InChI is InChI=1S/C13H25N3O2S/c1-3-4-11(13(14)19)16-9-7-15(8-10-16)6-5-12(17)18-2/h11H,3-10H2,1-2H3,(H2,14,19). The normalized spacial score (nSPS) is 19.1. The van der Waals surface area contributed by atoms with E-state index < -0.39 is 0 Å². The molecule has 0 spiro atoms. The Morgan fingerprint density at radius 1 is 1.37 bits per heavy atom. The van der Waals surface area contributed by atoms with Crippen LogP contribution in [0, 0.1) is 0 Å². The molecule has 0 aromatic carbocycles. The molecule has 0 radical (unpaired) electrons. The summed E-state index contributed by atoms with van der Waals surface area (Å²) < 4.78 is 4.65. The summed E-state index contributed by atoms with van der Waals surface area (Å²) in [4.78, 5) is 16.4. The van der Waals surface area contributed by atoms with Gasteiger partial charge in [0, 0.05) is 32.7 Å². The Morgan fingerprint density at radius 2 is 2.00 bits per heavy atom. The Bertz CT molecular complexity index is 304. The number of nitrogens with zero attached hydrogens (tertiary/aromatic N) is 2. The maximum absolute atomic E-state index is 11.1. The molecule has 1 fully saturated rings. The summed E-state index contributed by atoms with van der Waals surface area (Å²) >= 11 is 5.16. The lowest BCUT2D eigenvalue weighted by atomic mass is 10.1. The largest absolute Gasteiger partial charge is 0.469 e.